The van der Waals surface area contributed by atoms with Crippen molar-refractivity contribution in [1.29, 1.82) is 0 Å². The van der Waals surface area contributed by atoms with Gasteiger partial charge < -0.3 is 10.4 Å². The van der Waals surface area contributed by atoms with E-state index in [-0.39, 0.29) is 5.92 Å². The molecule has 0 aliphatic heterocycles. The number of aromatic nitrogens is 1. The van der Waals surface area contributed by atoms with Gasteiger partial charge in [0, 0.05) is 18.9 Å². The Balaban J connectivity index is 2.51. The summed E-state index contributed by atoms with van der Waals surface area (Å²) in [5.41, 5.74) is 1.04. The molecule has 0 saturated heterocycles. The van der Waals surface area contributed by atoms with Crippen LogP contribution in [0.4, 0.5) is 0 Å². The van der Waals surface area contributed by atoms with Crippen LogP contribution in [0.15, 0.2) is 24.5 Å². The molecule has 0 fully saturated rings. The summed E-state index contributed by atoms with van der Waals surface area (Å²) < 4.78 is 0. The van der Waals surface area contributed by atoms with E-state index in [0.717, 1.165) is 5.56 Å². The number of nitrogens with zero attached hydrogens (tertiary/aromatic N) is 1. The smallest absolute Gasteiger partial charge is 0.320 e. The fourth-order valence-corrected chi connectivity index (χ4v) is 1.34. The molecule has 1 heterocycles. The molecule has 1 rings (SSSR count). The topological polar surface area (TPSA) is 62.2 Å². The minimum absolute atomic E-state index is 0.0735. The van der Waals surface area contributed by atoms with E-state index in [1.54, 1.807) is 12.4 Å². The van der Waals surface area contributed by atoms with Gasteiger partial charge >= 0.3 is 5.97 Å². The first-order valence-electron chi connectivity index (χ1n) is 4.96. The maximum atomic E-state index is 10.9. The molecular weight excluding hydrogens is 192 g/mol. The minimum Gasteiger partial charge on any atom is -0.480 e. The van der Waals surface area contributed by atoms with Crippen molar-refractivity contribution in [3.05, 3.63) is 30.1 Å². The van der Waals surface area contributed by atoms with Gasteiger partial charge in [0.25, 0.3) is 0 Å². The van der Waals surface area contributed by atoms with Gasteiger partial charge in [0.05, 0.1) is 0 Å². The van der Waals surface area contributed by atoms with Gasteiger partial charge in [-0.15, -0.1) is 0 Å². The van der Waals surface area contributed by atoms with Crippen LogP contribution in [0.1, 0.15) is 19.4 Å². The maximum Gasteiger partial charge on any atom is 0.320 e. The highest BCUT2D eigenvalue weighted by Crippen LogP contribution is 2.03. The molecule has 0 aliphatic rings. The molecule has 1 atom stereocenters. The molecule has 0 radical (unpaired) electrons. The summed E-state index contributed by atoms with van der Waals surface area (Å²) in [6.07, 6.45) is 3.39. The van der Waals surface area contributed by atoms with Gasteiger partial charge in [-0.25, -0.2) is 0 Å². The Hall–Kier alpha value is -1.42. The highest BCUT2D eigenvalue weighted by atomic mass is 16.4. The zero-order valence-electron chi connectivity index (χ0n) is 8.97. The standard InChI is InChI=1S/C11H16N2O2/c1-8(2)10(11(14)15)13-7-9-3-5-12-6-4-9/h3-6,8,10,13H,7H2,1-2H3,(H,14,15)/t10-/m1/s1. The van der Waals surface area contributed by atoms with Crippen LogP contribution in [-0.4, -0.2) is 22.1 Å². The van der Waals surface area contributed by atoms with E-state index in [2.05, 4.69) is 10.3 Å². The normalized spacial score (nSPS) is 12.7. The summed E-state index contributed by atoms with van der Waals surface area (Å²) in [5, 5.41) is 12.0. The summed E-state index contributed by atoms with van der Waals surface area (Å²) in [5.74, 6) is -0.733. The van der Waals surface area contributed by atoms with Crippen LogP contribution in [0.3, 0.4) is 0 Å². The lowest BCUT2D eigenvalue weighted by Crippen LogP contribution is -2.40. The van der Waals surface area contributed by atoms with Gasteiger partial charge in [-0.1, -0.05) is 13.8 Å². The molecule has 0 saturated carbocycles. The van der Waals surface area contributed by atoms with Crippen LogP contribution in [-0.2, 0) is 11.3 Å². The minimum atomic E-state index is -0.806. The molecule has 0 amide bonds. The molecule has 0 spiro atoms. The molecule has 82 valence electrons. The monoisotopic (exact) mass is 208 g/mol. The lowest BCUT2D eigenvalue weighted by Gasteiger charge is -2.17. The highest BCUT2D eigenvalue weighted by Gasteiger charge is 2.20. The molecule has 4 nitrogen and oxygen atoms in total. The first kappa shape index (κ1) is 11.7. The van der Waals surface area contributed by atoms with Crippen molar-refractivity contribution < 1.29 is 9.90 Å². The van der Waals surface area contributed by atoms with Gasteiger partial charge in [0.2, 0.25) is 0 Å². The summed E-state index contributed by atoms with van der Waals surface area (Å²) in [7, 11) is 0. The van der Waals surface area contributed by atoms with E-state index in [4.69, 9.17) is 5.11 Å². The van der Waals surface area contributed by atoms with Crippen LogP contribution in [0.2, 0.25) is 0 Å². The molecule has 0 unspecified atom stereocenters. The van der Waals surface area contributed by atoms with Gasteiger partial charge in [-0.2, -0.15) is 0 Å². The van der Waals surface area contributed by atoms with Crippen molar-refractivity contribution in [3.63, 3.8) is 0 Å². The maximum absolute atomic E-state index is 10.9. The van der Waals surface area contributed by atoms with E-state index in [0.29, 0.717) is 6.54 Å². The van der Waals surface area contributed by atoms with Crippen LogP contribution < -0.4 is 5.32 Å². The van der Waals surface area contributed by atoms with Crippen molar-refractivity contribution in [3.8, 4) is 0 Å². The van der Waals surface area contributed by atoms with Crippen LogP contribution in [0, 0.1) is 5.92 Å². The fraction of sp³-hybridized carbons (Fsp3) is 0.455. The van der Waals surface area contributed by atoms with E-state index in [1.807, 2.05) is 26.0 Å². The Morgan fingerprint density at radius 1 is 1.47 bits per heavy atom. The third-order valence-corrected chi connectivity index (χ3v) is 2.21. The molecule has 0 aromatic carbocycles. The predicted molar refractivity (Wildman–Crippen MR) is 57.3 cm³/mol. The van der Waals surface area contributed by atoms with Crippen molar-refractivity contribution in [2.24, 2.45) is 5.92 Å². The van der Waals surface area contributed by atoms with Crippen molar-refractivity contribution in [2.75, 3.05) is 0 Å². The van der Waals surface area contributed by atoms with E-state index >= 15 is 0 Å². The summed E-state index contributed by atoms with van der Waals surface area (Å²) >= 11 is 0. The molecular formula is C11H16N2O2. The third kappa shape index (κ3) is 3.67. The zero-order valence-corrected chi connectivity index (χ0v) is 8.97. The number of rotatable bonds is 5. The number of hydrogen-bond donors (Lipinski definition) is 2. The van der Waals surface area contributed by atoms with Gasteiger partial charge in [0.1, 0.15) is 6.04 Å². The number of hydrogen-bond acceptors (Lipinski definition) is 3. The molecule has 1 aromatic heterocycles. The lowest BCUT2D eigenvalue weighted by molar-refractivity contribution is -0.140. The Bertz CT molecular complexity index is 312. The molecule has 0 bridgehead atoms. The third-order valence-electron chi connectivity index (χ3n) is 2.21. The lowest BCUT2D eigenvalue weighted by atomic mass is 10.0. The zero-order chi connectivity index (χ0) is 11.3. The second-order valence-corrected chi connectivity index (χ2v) is 3.80. The summed E-state index contributed by atoms with van der Waals surface area (Å²) in [4.78, 5) is 14.8. The van der Waals surface area contributed by atoms with E-state index < -0.39 is 12.0 Å². The van der Waals surface area contributed by atoms with Crippen molar-refractivity contribution in [2.45, 2.75) is 26.4 Å². The van der Waals surface area contributed by atoms with Crippen LogP contribution >= 0.6 is 0 Å². The van der Waals surface area contributed by atoms with Gasteiger partial charge in [-0.05, 0) is 23.6 Å². The molecule has 1 aromatic rings. The highest BCUT2D eigenvalue weighted by molar-refractivity contribution is 5.73. The van der Waals surface area contributed by atoms with Crippen LogP contribution in [0.5, 0.6) is 0 Å². The predicted octanol–water partition coefficient (Wildman–Crippen LogP) is 1.28. The Labute approximate surface area is 89.3 Å². The quantitative estimate of drug-likeness (QED) is 0.765. The number of pyridine rings is 1. The first-order chi connectivity index (χ1) is 7.11. The van der Waals surface area contributed by atoms with Gasteiger partial charge in [-0.3, -0.25) is 9.78 Å². The molecule has 2 N–H and O–H groups in total. The Kier molecular flexibility index (Phi) is 4.24. The van der Waals surface area contributed by atoms with E-state index in [9.17, 15) is 4.79 Å². The average molecular weight is 208 g/mol. The molecule has 4 heteroatoms. The van der Waals surface area contributed by atoms with E-state index in [1.165, 1.54) is 0 Å². The molecule has 0 aliphatic carbocycles. The Morgan fingerprint density at radius 3 is 2.53 bits per heavy atom. The number of aliphatic carboxylic acids is 1. The van der Waals surface area contributed by atoms with Gasteiger partial charge in [0.15, 0.2) is 0 Å². The fourth-order valence-electron chi connectivity index (χ4n) is 1.34. The number of nitrogens with one attached hydrogen (secondary N) is 1. The average Bonchev–Trinajstić information content (AvgIpc) is 2.18. The largest absolute Gasteiger partial charge is 0.480 e. The Morgan fingerprint density at radius 2 is 2.07 bits per heavy atom. The summed E-state index contributed by atoms with van der Waals surface area (Å²) in [6.45, 7) is 4.33. The van der Waals surface area contributed by atoms with Crippen molar-refractivity contribution in [1.82, 2.24) is 10.3 Å². The number of carboxylic acid groups (broad SMARTS) is 1. The van der Waals surface area contributed by atoms with Crippen LogP contribution in [0.25, 0.3) is 0 Å². The SMILES string of the molecule is CC(C)[C@@H](NCc1ccncc1)C(=O)O. The number of carbonyl (C=O) groups is 1. The summed E-state index contributed by atoms with van der Waals surface area (Å²) in [6, 6.07) is 3.23. The molecule has 15 heavy (non-hydrogen) atoms. The van der Waals surface area contributed by atoms with Crippen molar-refractivity contribution >= 4 is 5.97 Å². The second kappa shape index (κ2) is 5.46. The first-order valence-corrected chi connectivity index (χ1v) is 4.96. The second-order valence-electron chi connectivity index (χ2n) is 3.80. The number of carboxylic acids is 1.